The lowest BCUT2D eigenvalue weighted by Gasteiger charge is -2.08. The zero-order valence-corrected chi connectivity index (χ0v) is 19.6. The predicted octanol–water partition coefficient (Wildman–Crippen LogP) is 6.72. The molecule has 0 spiro atoms. The summed E-state index contributed by atoms with van der Waals surface area (Å²) >= 11 is 6.22. The topological polar surface area (TPSA) is 83.0 Å². The van der Waals surface area contributed by atoms with Crippen LogP contribution in [0.5, 0.6) is 0 Å². The molecular formula is C26H29ClN4O2. The minimum atomic E-state index is -0.478. The monoisotopic (exact) mass is 464 g/mol. The van der Waals surface area contributed by atoms with Crippen LogP contribution in [0.3, 0.4) is 0 Å². The number of benzene rings is 2. The van der Waals surface area contributed by atoms with Gasteiger partial charge in [-0.15, -0.1) is 0 Å². The Labute approximate surface area is 198 Å². The lowest BCUT2D eigenvalue weighted by molar-refractivity contribution is 0.0501. The summed E-state index contributed by atoms with van der Waals surface area (Å²) in [7, 11) is 0. The van der Waals surface area contributed by atoms with Gasteiger partial charge in [0, 0.05) is 5.02 Å². The summed E-state index contributed by atoms with van der Waals surface area (Å²) in [5.74, 6) is -0.235. The number of hydrogen-bond donors (Lipinski definition) is 1. The zero-order valence-electron chi connectivity index (χ0n) is 18.9. The smallest absolute Gasteiger partial charge is 0.344 e. The third-order valence-corrected chi connectivity index (χ3v) is 5.98. The molecule has 33 heavy (non-hydrogen) atoms. The van der Waals surface area contributed by atoms with Gasteiger partial charge in [0.1, 0.15) is 16.9 Å². The van der Waals surface area contributed by atoms with Gasteiger partial charge in [-0.25, -0.2) is 14.8 Å². The van der Waals surface area contributed by atoms with Gasteiger partial charge < -0.3 is 10.5 Å². The van der Waals surface area contributed by atoms with Gasteiger partial charge in [-0.2, -0.15) is 0 Å². The third-order valence-electron chi connectivity index (χ3n) is 5.75. The van der Waals surface area contributed by atoms with Crippen LogP contribution in [0.1, 0.15) is 62.2 Å². The van der Waals surface area contributed by atoms with E-state index in [1.165, 1.54) is 25.7 Å². The van der Waals surface area contributed by atoms with Gasteiger partial charge in [-0.3, -0.25) is 4.57 Å². The highest BCUT2D eigenvalue weighted by Crippen LogP contribution is 2.32. The van der Waals surface area contributed by atoms with Crippen LogP contribution in [-0.2, 0) is 4.74 Å². The Balaban J connectivity index is 1.63. The number of nitrogens with two attached hydrogens (primary N) is 1. The van der Waals surface area contributed by atoms with E-state index in [0.717, 1.165) is 19.3 Å². The first-order chi connectivity index (χ1) is 16.1. The van der Waals surface area contributed by atoms with Crippen LogP contribution in [-0.4, -0.2) is 27.1 Å². The Kier molecular flexibility index (Phi) is 7.45. The number of esters is 1. The minimum Gasteiger partial charge on any atom is -0.462 e. The van der Waals surface area contributed by atoms with E-state index in [1.807, 2.05) is 36.4 Å². The van der Waals surface area contributed by atoms with E-state index in [0.29, 0.717) is 39.5 Å². The number of fused-ring (bicyclic) bond motifs is 2. The van der Waals surface area contributed by atoms with Crippen LogP contribution < -0.4 is 5.73 Å². The molecule has 0 amide bonds. The zero-order chi connectivity index (χ0) is 23.2. The minimum absolute atomic E-state index is 0.242. The molecule has 4 aromatic rings. The number of anilines is 1. The maximum absolute atomic E-state index is 13.1. The van der Waals surface area contributed by atoms with Crippen molar-refractivity contribution in [2.24, 2.45) is 0 Å². The van der Waals surface area contributed by atoms with Gasteiger partial charge in [-0.1, -0.05) is 75.2 Å². The summed E-state index contributed by atoms with van der Waals surface area (Å²) in [6.07, 6.45) is 8.04. The average Bonchev–Trinajstić information content (AvgIpc) is 3.09. The quantitative estimate of drug-likeness (QED) is 0.208. The van der Waals surface area contributed by atoms with Crippen LogP contribution in [0.15, 0.2) is 48.5 Å². The molecule has 2 aromatic carbocycles. The second-order valence-corrected chi connectivity index (χ2v) is 8.65. The van der Waals surface area contributed by atoms with E-state index in [4.69, 9.17) is 32.0 Å². The average molecular weight is 465 g/mol. The molecule has 4 rings (SSSR count). The van der Waals surface area contributed by atoms with Crippen LogP contribution in [0, 0.1) is 0 Å². The molecule has 0 aliphatic carbocycles. The highest BCUT2D eigenvalue weighted by molar-refractivity contribution is 6.30. The number of unbranched alkanes of at least 4 members (excludes halogenated alkanes) is 6. The number of ether oxygens (including phenoxy) is 1. The molecule has 2 N–H and O–H groups in total. The molecular weight excluding hydrogens is 436 g/mol. The fourth-order valence-electron chi connectivity index (χ4n) is 4.04. The van der Waals surface area contributed by atoms with Gasteiger partial charge in [-0.05, 0) is 36.8 Å². The van der Waals surface area contributed by atoms with Crippen LogP contribution in [0.2, 0.25) is 5.02 Å². The molecule has 0 aliphatic rings. The van der Waals surface area contributed by atoms with Crippen LogP contribution >= 0.6 is 11.6 Å². The lowest BCUT2D eigenvalue weighted by Crippen LogP contribution is -2.10. The largest absolute Gasteiger partial charge is 0.462 e. The molecule has 0 aliphatic heterocycles. The third kappa shape index (κ3) is 5.11. The molecule has 2 heterocycles. The second kappa shape index (κ2) is 10.7. The summed E-state index contributed by atoms with van der Waals surface area (Å²) in [6, 6.07) is 14.8. The van der Waals surface area contributed by atoms with Crippen molar-refractivity contribution in [1.29, 1.82) is 0 Å². The maximum atomic E-state index is 13.1. The number of rotatable bonds is 10. The molecule has 0 saturated heterocycles. The van der Waals surface area contributed by atoms with Gasteiger partial charge in [0.05, 0.1) is 23.3 Å². The Hall–Kier alpha value is -3.12. The van der Waals surface area contributed by atoms with E-state index in [9.17, 15) is 4.79 Å². The van der Waals surface area contributed by atoms with E-state index in [2.05, 4.69) is 6.92 Å². The van der Waals surface area contributed by atoms with E-state index >= 15 is 0 Å². The highest BCUT2D eigenvalue weighted by Gasteiger charge is 2.26. The van der Waals surface area contributed by atoms with E-state index in [-0.39, 0.29) is 11.4 Å². The SMILES string of the molecule is CCCCCCCCCOC(=O)c1c(N)n(-c2cccc(Cl)c2)c2nc3ccccc3nc12. The Morgan fingerprint density at radius 2 is 1.67 bits per heavy atom. The molecule has 7 heteroatoms. The molecule has 0 radical (unpaired) electrons. The lowest BCUT2D eigenvalue weighted by atomic mass is 10.1. The Morgan fingerprint density at radius 1 is 0.970 bits per heavy atom. The number of aromatic nitrogens is 3. The fraction of sp³-hybridized carbons (Fsp3) is 0.346. The predicted molar refractivity (Wildman–Crippen MR) is 134 cm³/mol. The van der Waals surface area contributed by atoms with Crippen LogP contribution in [0.25, 0.3) is 27.9 Å². The number of nitrogen functional groups attached to an aromatic ring is 1. The second-order valence-electron chi connectivity index (χ2n) is 8.22. The number of carbonyl (C=O) groups excluding carboxylic acids is 1. The molecule has 0 saturated carbocycles. The normalized spacial score (nSPS) is 11.3. The maximum Gasteiger partial charge on any atom is 0.344 e. The molecule has 172 valence electrons. The van der Waals surface area contributed by atoms with Crippen molar-refractivity contribution in [2.45, 2.75) is 51.9 Å². The highest BCUT2D eigenvalue weighted by atomic mass is 35.5. The van der Waals surface area contributed by atoms with Crippen molar-refractivity contribution in [2.75, 3.05) is 12.3 Å². The van der Waals surface area contributed by atoms with Crippen LogP contribution in [0.4, 0.5) is 5.82 Å². The van der Waals surface area contributed by atoms with Crippen molar-refractivity contribution >= 4 is 45.6 Å². The standard InChI is InChI=1S/C26H29ClN4O2/c1-2-3-4-5-6-7-10-16-33-26(32)22-23-25(30-21-15-9-8-14-20(21)29-23)31(24(22)28)19-13-11-12-18(27)17-19/h8-9,11-15,17H,2-7,10,16,28H2,1H3. The first-order valence-corrected chi connectivity index (χ1v) is 12.0. The summed E-state index contributed by atoms with van der Waals surface area (Å²) in [4.78, 5) is 22.6. The Morgan fingerprint density at radius 3 is 2.39 bits per heavy atom. The van der Waals surface area contributed by atoms with Crippen molar-refractivity contribution < 1.29 is 9.53 Å². The first kappa shape index (κ1) is 23.1. The van der Waals surface area contributed by atoms with Gasteiger partial charge >= 0.3 is 5.97 Å². The van der Waals surface area contributed by atoms with Crippen molar-refractivity contribution in [3.05, 3.63) is 59.1 Å². The van der Waals surface area contributed by atoms with Crippen molar-refractivity contribution in [3.8, 4) is 5.69 Å². The molecule has 6 nitrogen and oxygen atoms in total. The van der Waals surface area contributed by atoms with E-state index < -0.39 is 5.97 Å². The number of nitrogens with zero attached hydrogens (tertiary/aromatic N) is 3. The Bertz CT molecular complexity index is 1270. The molecule has 0 unspecified atom stereocenters. The van der Waals surface area contributed by atoms with Gasteiger partial charge in [0.25, 0.3) is 0 Å². The molecule has 0 fully saturated rings. The number of hydrogen-bond acceptors (Lipinski definition) is 5. The molecule has 0 bridgehead atoms. The van der Waals surface area contributed by atoms with Crippen molar-refractivity contribution in [3.63, 3.8) is 0 Å². The number of halogens is 1. The van der Waals surface area contributed by atoms with Crippen molar-refractivity contribution in [1.82, 2.24) is 14.5 Å². The summed E-state index contributed by atoms with van der Waals surface area (Å²) in [6.45, 7) is 2.57. The molecule has 0 atom stereocenters. The summed E-state index contributed by atoms with van der Waals surface area (Å²) < 4.78 is 7.32. The van der Waals surface area contributed by atoms with E-state index in [1.54, 1.807) is 16.7 Å². The summed E-state index contributed by atoms with van der Waals surface area (Å²) in [5, 5.41) is 0.561. The van der Waals surface area contributed by atoms with Gasteiger partial charge in [0.15, 0.2) is 5.65 Å². The number of para-hydroxylation sites is 2. The first-order valence-electron chi connectivity index (χ1n) is 11.6. The number of carbonyl (C=O) groups is 1. The van der Waals surface area contributed by atoms with Gasteiger partial charge in [0.2, 0.25) is 0 Å². The fourth-order valence-corrected chi connectivity index (χ4v) is 4.22. The summed E-state index contributed by atoms with van der Waals surface area (Å²) in [5.41, 5.74) is 9.78. The molecule has 2 aromatic heterocycles.